The summed E-state index contributed by atoms with van der Waals surface area (Å²) < 4.78 is 32.4. The molecule has 0 bridgehead atoms. The minimum atomic E-state index is -0.864. The van der Waals surface area contributed by atoms with E-state index in [9.17, 15) is 19.6 Å². The van der Waals surface area contributed by atoms with Gasteiger partial charge < -0.3 is 15.7 Å². The van der Waals surface area contributed by atoms with Gasteiger partial charge in [-0.25, -0.2) is 13.5 Å². The first-order valence-electron chi connectivity index (χ1n) is 13.3. The van der Waals surface area contributed by atoms with Crippen LogP contribution in [0.3, 0.4) is 0 Å². The molecule has 0 radical (unpaired) electrons. The fourth-order valence-electron chi connectivity index (χ4n) is 5.72. The van der Waals surface area contributed by atoms with Gasteiger partial charge in [-0.15, -0.1) is 5.10 Å². The van der Waals surface area contributed by atoms with Crippen LogP contribution in [0.1, 0.15) is 47.2 Å². The van der Waals surface area contributed by atoms with E-state index in [1.165, 1.54) is 12.1 Å². The van der Waals surface area contributed by atoms with Gasteiger partial charge >= 0.3 is 0 Å². The maximum absolute atomic E-state index is 16.1. The van der Waals surface area contributed by atoms with Crippen molar-refractivity contribution in [1.82, 2.24) is 19.9 Å². The molecular formula is C30H28F2N6O2. The van der Waals surface area contributed by atoms with Crippen molar-refractivity contribution >= 4 is 16.9 Å². The van der Waals surface area contributed by atoms with Crippen LogP contribution in [-0.4, -0.2) is 55.6 Å². The normalized spacial score (nSPS) is 18.1. The smallest absolute Gasteiger partial charge is 0.253 e. The molecule has 1 aromatic heterocycles. The van der Waals surface area contributed by atoms with E-state index in [4.69, 9.17) is 5.73 Å². The maximum Gasteiger partial charge on any atom is 0.253 e. The van der Waals surface area contributed by atoms with Gasteiger partial charge in [0.1, 0.15) is 23.2 Å². The van der Waals surface area contributed by atoms with Gasteiger partial charge in [-0.05, 0) is 79.6 Å². The summed E-state index contributed by atoms with van der Waals surface area (Å²) in [7, 11) is 0. The molecule has 3 aromatic carbocycles. The minimum absolute atomic E-state index is 0.0856. The van der Waals surface area contributed by atoms with Crippen molar-refractivity contribution in [3.63, 3.8) is 0 Å². The Morgan fingerprint density at radius 2 is 1.98 bits per heavy atom. The first kappa shape index (κ1) is 26.0. The molecule has 1 aliphatic heterocycles. The minimum Gasteiger partial charge on any atom is -0.388 e. The molecule has 2 heterocycles. The van der Waals surface area contributed by atoms with Gasteiger partial charge in [-0.2, -0.15) is 5.26 Å². The number of carbonyl (C=O) groups excluding carboxylic acids is 1. The highest BCUT2D eigenvalue weighted by Gasteiger charge is 2.36. The summed E-state index contributed by atoms with van der Waals surface area (Å²) in [6.45, 7) is 2.85. The number of fused-ring (bicyclic) bond motifs is 1. The number of nitrogens with zero attached hydrogens (tertiary/aromatic N) is 5. The van der Waals surface area contributed by atoms with Gasteiger partial charge in [0.25, 0.3) is 5.91 Å². The van der Waals surface area contributed by atoms with E-state index < -0.39 is 17.2 Å². The molecule has 4 aromatic rings. The highest BCUT2D eigenvalue weighted by molar-refractivity contribution is 5.99. The summed E-state index contributed by atoms with van der Waals surface area (Å²) in [6.07, 6.45) is 2.96. The summed E-state index contributed by atoms with van der Waals surface area (Å²) >= 11 is 0. The quantitative estimate of drug-likeness (QED) is 0.388. The van der Waals surface area contributed by atoms with E-state index in [1.54, 1.807) is 46.8 Å². The Bertz CT molecular complexity index is 1700. The zero-order chi connectivity index (χ0) is 28.2. The van der Waals surface area contributed by atoms with Crippen LogP contribution in [0.25, 0.3) is 33.3 Å². The van der Waals surface area contributed by atoms with Crippen molar-refractivity contribution < 1.29 is 18.7 Å². The molecule has 2 aliphatic rings. The van der Waals surface area contributed by atoms with Gasteiger partial charge in [-0.3, -0.25) is 4.79 Å². The Morgan fingerprint density at radius 1 is 1.18 bits per heavy atom. The molecule has 0 spiro atoms. The number of nitrogens with two attached hydrogens (primary N) is 1. The Balaban J connectivity index is 1.49. The summed E-state index contributed by atoms with van der Waals surface area (Å²) in [5.74, 6) is -1.42. The first-order valence-corrected chi connectivity index (χ1v) is 13.3. The SMILES string of the molecule is Cc1c(F)c(-c2ccc(C(=O)N3CC[C@H](N)C3)cc2-c2ccc(C#N)c(F)c2)cc2nnn(CC3(O)CCC3)c12. The van der Waals surface area contributed by atoms with Crippen LogP contribution in [0, 0.1) is 29.9 Å². The van der Waals surface area contributed by atoms with E-state index >= 15 is 4.39 Å². The molecule has 1 saturated heterocycles. The number of aromatic nitrogens is 3. The zero-order valence-corrected chi connectivity index (χ0v) is 22.0. The predicted molar refractivity (Wildman–Crippen MR) is 145 cm³/mol. The Labute approximate surface area is 229 Å². The monoisotopic (exact) mass is 542 g/mol. The number of aryl methyl sites for hydroxylation is 1. The molecular weight excluding hydrogens is 514 g/mol. The molecule has 10 heteroatoms. The molecule has 8 nitrogen and oxygen atoms in total. The predicted octanol–water partition coefficient (Wildman–Crippen LogP) is 4.31. The second-order valence-electron chi connectivity index (χ2n) is 10.9. The number of hydrogen-bond donors (Lipinski definition) is 2. The molecule has 1 amide bonds. The van der Waals surface area contributed by atoms with Gasteiger partial charge in [0, 0.05) is 35.8 Å². The van der Waals surface area contributed by atoms with Crippen LogP contribution in [0.15, 0.2) is 42.5 Å². The van der Waals surface area contributed by atoms with Crippen molar-refractivity contribution in [1.29, 1.82) is 5.26 Å². The number of nitriles is 1. The van der Waals surface area contributed by atoms with E-state index in [2.05, 4.69) is 10.3 Å². The average molecular weight is 543 g/mol. The summed E-state index contributed by atoms with van der Waals surface area (Å²) in [6, 6.07) is 12.4. The van der Waals surface area contributed by atoms with Gasteiger partial charge in [0.2, 0.25) is 0 Å². The largest absolute Gasteiger partial charge is 0.388 e. The molecule has 6 rings (SSSR count). The molecule has 0 unspecified atom stereocenters. The van der Waals surface area contributed by atoms with E-state index in [0.717, 1.165) is 6.42 Å². The van der Waals surface area contributed by atoms with E-state index in [1.807, 2.05) is 6.07 Å². The fraction of sp³-hybridized carbons (Fsp3) is 0.333. The lowest BCUT2D eigenvalue weighted by Crippen LogP contribution is -2.41. The van der Waals surface area contributed by atoms with Crippen LogP contribution in [0.2, 0.25) is 0 Å². The highest BCUT2D eigenvalue weighted by atomic mass is 19.1. The molecule has 1 atom stereocenters. The van der Waals surface area contributed by atoms with Crippen molar-refractivity contribution in [2.45, 2.75) is 50.8 Å². The van der Waals surface area contributed by atoms with Crippen molar-refractivity contribution in [3.05, 3.63) is 70.8 Å². The Kier molecular flexibility index (Phi) is 6.36. The standard InChI is InChI=1S/C30H28F2N6O2/c1-17-27(32)24(13-26-28(17)38(36-35-26)16-30(40)8-2-9-30)22-6-5-19(29(39)37-10-7-21(34)15-37)11-23(22)18-3-4-20(14-33)25(31)12-18/h3-6,11-13,21,40H,2,7-10,15-16,34H2,1H3/t21-/m0/s1. The lowest BCUT2D eigenvalue weighted by molar-refractivity contribution is -0.0492. The van der Waals surface area contributed by atoms with Crippen LogP contribution in [0.5, 0.6) is 0 Å². The Morgan fingerprint density at radius 3 is 2.62 bits per heavy atom. The third kappa shape index (κ3) is 4.41. The van der Waals surface area contributed by atoms with Crippen LogP contribution in [-0.2, 0) is 6.54 Å². The first-order chi connectivity index (χ1) is 19.2. The zero-order valence-electron chi connectivity index (χ0n) is 22.0. The van der Waals surface area contributed by atoms with Crippen molar-refractivity contribution in [2.24, 2.45) is 5.73 Å². The molecule has 2 fully saturated rings. The summed E-state index contributed by atoms with van der Waals surface area (Å²) in [5.41, 5.74) is 8.17. The number of benzene rings is 3. The number of rotatable bonds is 5. The second kappa shape index (κ2) is 9.77. The Hall–Kier alpha value is -4.20. The van der Waals surface area contributed by atoms with Gasteiger partial charge in [0.05, 0.1) is 23.2 Å². The maximum atomic E-state index is 16.1. The number of carbonyl (C=O) groups is 1. The summed E-state index contributed by atoms with van der Waals surface area (Å²) in [4.78, 5) is 14.9. The lowest BCUT2D eigenvalue weighted by Gasteiger charge is -2.36. The number of amides is 1. The molecule has 1 aliphatic carbocycles. The number of aliphatic hydroxyl groups is 1. The number of likely N-dealkylation sites (tertiary alicyclic amines) is 1. The fourth-order valence-corrected chi connectivity index (χ4v) is 5.72. The van der Waals surface area contributed by atoms with Crippen molar-refractivity contribution in [2.75, 3.05) is 13.1 Å². The molecule has 204 valence electrons. The van der Waals surface area contributed by atoms with Crippen LogP contribution in [0.4, 0.5) is 8.78 Å². The van der Waals surface area contributed by atoms with Gasteiger partial charge in [0.15, 0.2) is 0 Å². The highest BCUT2D eigenvalue weighted by Crippen LogP contribution is 2.39. The third-order valence-corrected chi connectivity index (χ3v) is 8.16. The van der Waals surface area contributed by atoms with Crippen LogP contribution < -0.4 is 5.73 Å². The van der Waals surface area contributed by atoms with Crippen LogP contribution >= 0.6 is 0 Å². The number of hydrogen-bond acceptors (Lipinski definition) is 6. The lowest BCUT2D eigenvalue weighted by atomic mass is 9.80. The molecule has 40 heavy (non-hydrogen) atoms. The molecule has 3 N–H and O–H groups in total. The van der Waals surface area contributed by atoms with Crippen molar-refractivity contribution in [3.8, 4) is 28.3 Å². The third-order valence-electron chi connectivity index (χ3n) is 8.16. The summed E-state index contributed by atoms with van der Waals surface area (Å²) in [5, 5.41) is 28.3. The molecule has 1 saturated carbocycles. The van der Waals surface area contributed by atoms with Gasteiger partial charge in [-0.1, -0.05) is 17.3 Å². The second-order valence-corrected chi connectivity index (χ2v) is 10.9. The van der Waals surface area contributed by atoms with E-state index in [-0.39, 0.29) is 29.6 Å². The van der Waals surface area contributed by atoms with E-state index in [0.29, 0.717) is 71.2 Å². The number of halogens is 2. The average Bonchev–Trinajstić information content (AvgIpc) is 3.55. The topological polar surface area (TPSA) is 121 Å².